The second-order valence-electron chi connectivity index (χ2n) is 7.87. The summed E-state index contributed by atoms with van der Waals surface area (Å²) in [6.45, 7) is 1.34. The molecule has 0 fully saturated rings. The quantitative estimate of drug-likeness (QED) is 0.317. The molecule has 5 rings (SSSR count). The van der Waals surface area contributed by atoms with E-state index < -0.39 is 0 Å². The van der Waals surface area contributed by atoms with E-state index in [2.05, 4.69) is 15.3 Å². The van der Waals surface area contributed by atoms with Crippen molar-refractivity contribution in [2.45, 2.75) is 6.54 Å². The van der Waals surface area contributed by atoms with Crippen molar-refractivity contribution in [3.05, 3.63) is 115 Å². The number of hydrogen-bond acceptors (Lipinski definition) is 5. The van der Waals surface area contributed by atoms with Gasteiger partial charge in [0, 0.05) is 30.2 Å². The zero-order valence-corrected chi connectivity index (χ0v) is 19.0. The zero-order valence-electron chi connectivity index (χ0n) is 19.0. The lowest BCUT2D eigenvalue weighted by molar-refractivity contribution is 0.0951. The highest BCUT2D eigenvalue weighted by Crippen LogP contribution is 2.22. The predicted octanol–water partition coefficient (Wildman–Crippen LogP) is 4.81. The minimum atomic E-state index is -0.150. The van der Waals surface area contributed by atoms with Crippen LogP contribution in [0.2, 0.25) is 0 Å². The molecule has 1 N–H and O–H groups in total. The van der Waals surface area contributed by atoms with E-state index in [0.29, 0.717) is 25.3 Å². The molecule has 7 heteroatoms. The van der Waals surface area contributed by atoms with Crippen molar-refractivity contribution in [2.24, 2.45) is 0 Å². The highest BCUT2D eigenvalue weighted by atomic mass is 16.5. The monoisotopic (exact) mass is 464 g/mol. The molecule has 0 saturated heterocycles. The van der Waals surface area contributed by atoms with E-state index in [4.69, 9.17) is 9.47 Å². The van der Waals surface area contributed by atoms with E-state index in [1.807, 2.05) is 83.4 Å². The molecule has 0 aliphatic carbocycles. The minimum Gasteiger partial charge on any atom is -0.490 e. The topological polar surface area (TPSA) is 78.3 Å². The zero-order chi connectivity index (χ0) is 23.9. The maximum absolute atomic E-state index is 12.6. The van der Waals surface area contributed by atoms with E-state index in [1.165, 1.54) is 0 Å². The Bertz CT molecular complexity index is 1400. The van der Waals surface area contributed by atoms with Crippen LogP contribution in [0.1, 0.15) is 15.9 Å². The number of imidazole rings is 1. The second kappa shape index (κ2) is 10.5. The van der Waals surface area contributed by atoms with E-state index in [1.54, 1.807) is 24.8 Å². The number of hydrogen-bond donors (Lipinski definition) is 1. The number of rotatable bonds is 9. The SMILES string of the molecule is O=C(NCc1cccnc1)c1ccc2c(c1)ncn2-c1ccc(OCCOc2ccccc2)cc1. The lowest BCUT2D eigenvalue weighted by Gasteiger charge is -2.10. The molecule has 5 aromatic rings. The van der Waals surface area contributed by atoms with Crippen LogP contribution in [-0.2, 0) is 6.54 Å². The van der Waals surface area contributed by atoms with Gasteiger partial charge in [0.1, 0.15) is 31.0 Å². The molecule has 0 aliphatic rings. The fourth-order valence-corrected chi connectivity index (χ4v) is 3.69. The third-order valence-electron chi connectivity index (χ3n) is 5.46. The van der Waals surface area contributed by atoms with Crippen LogP contribution in [-0.4, -0.2) is 33.7 Å². The van der Waals surface area contributed by atoms with Gasteiger partial charge in [0.2, 0.25) is 0 Å². The summed E-state index contributed by atoms with van der Waals surface area (Å²) in [7, 11) is 0. The fraction of sp³-hybridized carbons (Fsp3) is 0.107. The summed E-state index contributed by atoms with van der Waals surface area (Å²) in [4.78, 5) is 21.1. The number of ether oxygens (including phenoxy) is 2. The summed E-state index contributed by atoms with van der Waals surface area (Å²) in [5, 5.41) is 2.92. The van der Waals surface area contributed by atoms with Crippen LogP contribution in [0.15, 0.2) is 104 Å². The first kappa shape index (κ1) is 22.2. The highest BCUT2D eigenvalue weighted by Gasteiger charge is 2.10. The van der Waals surface area contributed by atoms with Gasteiger partial charge >= 0.3 is 0 Å². The summed E-state index contributed by atoms with van der Waals surface area (Å²) >= 11 is 0. The summed E-state index contributed by atoms with van der Waals surface area (Å²) < 4.78 is 13.4. The molecule has 0 bridgehead atoms. The van der Waals surface area contributed by atoms with Crippen molar-refractivity contribution in [2.75, 3.05) is 13.2 Å². The van der Waals surface area contributed by atoms with Gasteiger partial charge < -0.3 is 14.8 Å². The van der Waals surface area contributed by atoms with Crippen molar-refractivity contribution in [1.29, 1.82) is 0 Å². The van der Waals surface area contributed by atoms with Gasteiger partial charge in [-0.3, -0.25) is 14.3 Å². The van der Waals surface area contributed by atoms with Crippen LogP contribution in [0.25, 0.3) is 16.7 Å². The van der Waals surface area contributed by atoms with E-state index in [-0.39, 0.29) is 5.91 Å². The fourth-order valence-electron chi connectivity index (χ4n) is 3.69. The van der Waals surface area contributed by atoms with Crippen LogP contribution in [0, 0.1) is 0 Å². The second-order valence-corrected chi connectivity index (χ2v) is 7.87. The van der Waals surface area contributed by atoms with Gasteiger partial charge in [-0.05, 0) is 66.2 Å². The van der Waals surface area contributed by atoms with Crippen molar-refractivity contribution in [3.63, 3.8) is 0 Å². The van der Waals surface area contributed by atoms with Crippen LogP contribution >= 0.6 is 0 Å². The van der Waals surface area contributed by atoms with E-state index in [9.17, 15) is 4.79 Å². The third kappa shape index (κ3) is 5.47. The van der Waals surface area contributed by atoms with Crippen molar-refractivity contribution in [3.8, 4) is 17.2 Å². The molecule has 0 saturated carbocycles. The molecular formula is C28H24N4O3. The van der Waals surface area contributed by atoms with Crippen LogP contribution in [0.3, 0.4) is 0 Å². The third-order valence-corrected chi connectivity index (χ3v) is 5.46. The van der Waals surface area contributed by atoms with Crippen molar-refractivity contribution < 1.29 is 14.3 Å². The Kier molecular flexibility index (Phi) is 6.66. The van der Waals surface area contributed by atoms with Crippen LogP contribution in [0.5, 0.6) is 11.5 Å². The molecule has 35 heavy (non-hydrogen) atoms. The first-order chi connectivity index (χ1) is 17.3. The summed E-state index contributed by atoms with van der Waals surface area (Å²) in [5.41, 5.74) is 4.13. The standard InChI is InChI=1S/C28H24N4O3/c33-28(30-19-21-5-4-14-29-18-21)22-8-13-27-26(17-22)31-20-32(27)23-9-11-25(12-10-23)35-16-15-34-24-6-2-1-3-7-24/h1-14,17-18,20H,15-16,19H2,(H,30,33). The maximum Gasteiger partial charge on any atom is 0.251 e. The number of nitrogens with one attached hydrogen (secondary N) is 1. The number of aromatic nitrogens is 3. The molecule has 0 radical (unpaired) electrons. The molecule has 2 aromatic heterocycles. The highest BCUT2D eigenvalue weighted by molar-refractivity contribution is 5.97. The summed E-state index contributed by atoms with van der Waals surface area (Å²) in [6, 6.07) is 26.7. The number of amides is 1. The van der Waals surface area contributed by atoms with Gasteiger partial charge in [-0.25, -0.2) is 4.98 Å². The Balaban J connectivity index is 1.20. The molecule has 2 heterocycles. The lowest BCUT2D eigenvalue weighted by Crippen LogP contribution is -2.22. The summed E-state index contributed by atoms with van der Waals surface area (Å²) in [6.07, 6.45) is 5.20. The number of para-hydroxylation sites is 1. The molecule has 0 spiro atoms. The molecule has 3 aromatic carbocycles. The van der Waals surface area contributed by atoms with Gasteiger partial charge in [-0.15, -0.1) is 0 Å². The number of pyridine rings is 1. The Hall–Kier alpha value is -4.65. The Labute approximate surface area is 203 Å². The Morgan fingerprint density at radius 1 is 0.857 bits per heavy atom. The number of fused-ring (bicyclic) bond motifs is 1. The maximum atomic E-state index is 12.6. The van der Waals surface area contributed by atoms with Gasteiger partial charge in [0.15, 0.2) is 0 Å². The average molecular weight is 465 g/mol. The van der Waals surface area contributed by atoms with Gasteiger partial charge in [0.25, 0.3) is 5.91 Å². The molecule has 7 nitrogen and oxygen atoms in total. The smallest absolute Gasteiger partial charge is 0.251 e. The number of benzene rings is 3. The van der Waals surface area contributed by atoms with Gasteiger partial charge in [-0.1, -0.05) is 24.3 Å². The number of nitrogens with zero attached hydrogens (tertiary/aromatic N) is 3. The van der Waals surface area contributed by atoms with Gasteiger partial charge in [0.05, 0.1) is 11.0 Å². The average Bonchev–Trinajstić information content (AvgIpc) is 3.35. The summed E-state index contributed by atoms with van der Waals surface area (Å²) in [5.74, 6) is 1.44. The number of carbonyl (C=O) groups excluding carboxylic acids is 1. The molecular weight excluding hydrogens is 440 g/mol. The van der Waals surface area contributed by atoms with E-state index >= 15 is 0 Å². The number of carbonyl (C=O) groups is 1. The minimum absolute atomic E-state index is 0.150. The molecule has 0 aliphatic heterocycles. The van der Waals surface area contributed by atoms with E-state index in [0.717, 1.165) is 33.8 Å². The molecule has 0 atom stereocenters. The first-order valence-electron chi connectivity index (χ1n) is 11.3. The largest absolute Gasteiger partial charge is 0.490 e. The normalized spacial score (nSPS) is 10.7. The Morgan fingerprint density at radius 2 is 1.63 bits per heavy atom. The first-order valence-corrected chi connectivity index (χ1v) is 11.3. The van der Waals surface area contributed by atoms with Crippen LogP contribution < -0.4 is 14.8 Å². The predicted molar refractivity (Wildman–Crippen MR) is 134 cm³/mol. The van der Waals surface area contributed by atoms with Gasteiger partial charge in [-0.2, -0.15) is 0 Å². The Morgan fingerprint density at radius 3 is 2.37 bits per heavy atom. The molecule has 1 amide bonds. The lowest BCUT2D eigenvalue weighted by atomic mass is 10.1. The van der Waals surface area contributed by atoms with Crippen molar-refractivity contribution >= 4 is 16.9 Å². The molecule has 0 unspecified atom stereocenters. The molecule has 174 valence electrons. The van der Waals surface area contributed by atoms with Crippen molar-refractivity contribution in [1.82, 2.24) is 19.9 Å². The van der Waals surface area contributed by atoms with Crippen LogP contribution in [0.4, 0.5) is 0 Å².